The summed E-state index contributed by atoms with van der Waals surface area (Å²) < 4.78 is 57.9. The van der Waals surface area contributed by atoms with Gasteiger partial charge < -0.3 is 47.7 Å². The van der Waals surface area contributed by atoms with Gasteiger partial charge in [-0.2, -0.15) is 0 Å². The van der Waals surface area contributed by atoms with Gasteiger partial charge >= 0.3 is 5.97 Å². The lowest BCUT2D eigenvalue weighted by Crippen LogP contribution is -2.66. The summed E-state index contributed by atoms with van der Waals surface area (Å²) in [6.07, 6.45) is 8.93. The van der Waals surface area contributed by atoms with Crippen molar-refractivity contribution in [1.29, 1.82) is 0 Å². The van der Waals surface area contributed by atoms with E-state index in [1.165, 1.54) is 0 Å². The summed E-state index contributed by atoms with van der Waals surface area (Å²) in [7, 11) is 0. The van der Waals surface area contributed by atoms with Gasteiger partial charge in [0.25, 0.3) is 0 Å². The Labute approximate surface area is 329 Å². The van der Waals surface area contributed by atoms with E-state index in [9.17, 15) is 9.90 Å². The molecule has 11 heteroatoms. The number of hydrogen-bond acceptors (Lipinski definition) is 11. The molecule has 0 amide bonds. The Balaban J connectivity index is 1.33. The molecule has 4 aliphatic heterocycles. The summed E-state index contributed by atoms with van der Waals surface area (Å²) >= 11 is 0. The summed E-state index contributed by atoms with van der Waals surface area (Å²) in [4.78, 5) is 13.4. The predicted octanol–water partition coefficient (Wildman–Crippen LogP) is 8.38. The maximum absolute atomic E-state index is 13.4. The first kappa shape index (κ1) is 43.9. The van der Waals surface area contributed by atoms with Crippen LogP contribution < -0.4 is 0 Å². The van der Waals surface area contributed by atoms with Gasteiger partial charge in [-0.15, -0.1) is 13.2 Å². The molecule has 1 unspecified atom stereocenters. The molecule has 55 heavy (non-hydrogen) atoms. The standard InChI is InChI=1S/C44H68O11/c1-7-10-13-14-15-16-17-23-28-34(45)51-38-35(46)42(50-33-29-47-41(52-37(33)38)31-24-21-18-22-25-31)53-40-39-36(54-44(5,6)55-39)30(4)48-43(40)49-32(26-19-11-8-2)27-20-12-9-3/h7-8,18,21-22,24-25,30,32-33,35-43,46H,1-2,9-17,19-20,23,26-29H2,3-6H3/t30-,32-,33-,35-,36+,37-,38-,39+,40-,41?,42+,43+/m1/s1. The minimum Gasteiger partial charge on any atom is -0.456 e. The SMILES string of the molecule is C=CCCCCCCCCC(=O)O[C@@H]1[C@@H](O)[C@H](O[C@H]2[C@H](O[C@H](CCCC=C)CCCCC)O[C@H](C)[C@@H]3OC(C)(C)O[C@@H]32)O[C@@H]2COC(c3ccccc3)O[C@@H]12. The molecule has 1 aromatic rings. The highest BCUT2D eigenvalue weighted by Crippen LogP contribution is 2.42. The van der Waals surface area contributed by atoms with E-state index in [1.54, 1.807) is 0 Å². The topological polar surface area (TPSA) is 120 Å². The van der Waals surface area contributed by atoms with Crippen molar-refractivity contribution in [2.75, 3.05) is 6.61 Å². The van der Waals surface area contributed by atoms with E-state index in [-0.39, 0.29) is 25.2 Å². The number of benzene rings is 1. The van der Waals surface area contributed by atoms with Crippen molar-refractivity contribution in [2.24, 2.45) is 0 Å². The molecule has 1 aromatic carbocycles. The van der Waals surface area contributed by atoms with Crippen LogP contribution in [0.15, 0.2) is 55.6 Å². The highest BCUT2D eigenvalue weighted by Gasteiger charge is 2.58. The van der Waals surface area contributed by atoms with Gasteiger partial charge in [-0.05, 0) is 65.7 Å². The van der Waals surface area contributed by atoms with Crippen molar-refractivity contribution in [2.45, 2.75) is 204 Å². The smallest absolute Gasteiger partial charge is 0.306 e. The normalized spacial score (nSPS) is 33.3. The molecule has 0 radical (unpaired) electrons. The Kier molecular flexibility index (Phi) is 17.6. The summed E-state index contributed by atoms with van der Waals surface area (Å²) in [6.45, 7) is 15.7. The van der Waals surface area contributed by atoms with Crippen molar-refractivity contribution in [3.63, 3.8) is 0 Å². The molecule has 12 atom stereocenters. The number of aliphatic hydroxyl groups excluding tert-OH is 1. The number of carbonyl (C=O) groups is 1. The number of hydrogen-bond donors (Lipinski definition) is 1. The van der Waals surface area contributed by atoms with Crippen LogP contribution in [0.4, 0.5) is 0 Å². The van der Waals surface area contributed by atoms with Crippen molar-refractivity contribution >= 4 is 5.97 Å². The van der Waals surface area contributed by atoms with Gasteiger partial charge in [-0.3, -0.25) is 4.79 Å². The van der Waals surface area contributed by atoms with Crippen LogP contribution in [0.25, 0.3) is 0 Å². The Morgan fingerprint density at radius 3 is 2.29 bits per heavy atom. The molecule has 0 aromatic heterocycles. The first-order valence-corrected chi connectivity index (χ1v) is 21.0. The second-order valence-electron chi connectivity index (χ2n) is 16.0. The van der Waals surface area contributed by atoms with Gasteiger partial charge in [0.2, 0.25) is 0 Å². The van der Waals surface area contributed by atoms with E-state index < -0.39 is 73.4 Å². The maximum atomic E-state index is 13.4. The molecule has 0 saturated carbocycles. The average molecular weight is 773 g/mol. The molecular weight excluding hydrogens is 704 g/mol. The Morgan fingerprint density at radius 1 is 0.855 bits per heavy atom. The third-order valence-electron chi connectivity index (χ3n) is 10.9. The van der Waals surface area contributed by atoms with Crippen LogP contribution in [-0.4, -0.2) is 91.0 Å². The highest BCUT2D eigenvalue weighted by atomic mass is 16.8. The minimum atomic E-state index is -1.40. The van der Waals surface area contributed by atoms with E-state index in [1.807, 2.05) is 63.3 Å². The summed E-state index contributed by atoms with van der Waals surface area (Å²) in [5.41, 5.74) is 0.814. The fourth-order valence-corrected chi connectivity index (χ4v) is 8.01. The number of rotatable bonds is 23. The van der Waals surface area contributed by atoms with E-state index in [0.717, 1.165) is 89.0 Å². The van der Waals surface area contributed by atoms with Crippen molar-refractivity contribution in [3.8, 4) is 0 Å². The maximum Gasteiger partial charge on any atom is 0.306 e. The van der Waals surface area contributed by atoms with Crippen LogP contribution in [0, 0.1) is 0 Å². The minimum absolute atomic E-state index is 0.0841. The Bertz CT molecular complexity index is 1290. The number of unbranched alkanes of at least 4 members (excludes halogenated alkanes) is 9. The molecule has 4 fully saturated rings. The second-order valence-corrected chi connectivity index (χ2v) is 16.0. The summed E-state index contributed by atoms with van der Waals surface area (Å²) in [6, 6.07) is 9.55. The predicted molar refractivity (Wildman–Crippen MR) is 208 cm³/mol. The zero-order valence-electron chi connectivity index (χ0n) is 33.7. The summed E-state index contributed by atoms with van der Waals surface area (Å²) in [5, 5.41) is 12.0. The Hall–Kier alpha value is -2.19. The molecule has 310 valence electrons. The van der Waals surface area contributed by atoms with Gasteiger partial charge in [0.15, 0.2) is 30.8 Å². The number of allylic oxidation sites excluding steroid dienone is 2. The molecule has 5 rings (SSSR count). The van der Waals surface area contributed by atoms with Gasteiger partial charge in [0, 0.05) is 12.0 Å². The van der Waals surface area contributed by atoms with Gasteiger partial charge in [-0.1, -0.05) is 94.4 Å². The number of fused-ring (bicyclic) bond motifs is 2. The number of aliphatic hydroxyl groups is 1. The first-order valence-electron chi connectivity index (χ1n) is 21.0. The van der Waals surface area contributed by atoms with Crippen LogP contribution in [0.3, 0.4) is 0 Å². The molecule has 4 heterocycles. The third-order valence-corrected chi connectivity index (χ3v) is 10.9. The quantitative estimate of drug-likeness (QED) is 0.0656. The van der Waals surface area contributed by atoms with E-state index in [4.69, 9.17) is 42.6 Å². The van der Waals surface area contributed by atoms with Crippen LogP contribution in [0.2, 0.25) is 0 Å². The van der Waals surface area contributed by atoms with E-state index in [0.29, 0.717) is 6.42 Å². The Morgan fingerprint density at radius 2 is 1.55 bits per heavy atom. The monoisotopic (exact) mass is 772 g/mol. The van der Waals surface area contributed by atoms with Crippen molar-refractivity contribution in [1.82, 2.24) is 0 Å². The fraction of sp³-hybridized carbons (Fsp3) is 0.750. The lowest BCUT2D eigenvalue weighted by Gasteiger charge is -2.49. The number of esters is 1. The zero-order chi connectivity index (χ0) is 39.2. The number of carbonyl (C=O) groups excluding carboxylic acids is 1. The molecule has 1 N–H and O–H groups in total. The third kappa shape index (κ3) is 12.6. The summed E-state index contributed by atoms with van der Waals surface area (Å²) in [5.74, 6) is -1.30. The van der Waals surface area contributed by atoms with Gasteiger partial charge in [-0.25, -0.2) is 0 Å². The van der Waals surface area contributed by atoms with Crippen molar-refractivity contribution in [3.05, 3.63) is 61.2 Å². The van der Waals surface area contributed by atoms with E-state index in [2.05, 4.69) is 20.1 Å². The lowest BCUT2D eigenvalue weighted by atomic mass is 9.96. The lowest BCUT2D eigenvalue weighted by molar-refractivity contribution is -0.388. The zero-order valence-corrected chi connectivity index (χ0v) is 33.7. The second kappa shape index (κ2) is 22.1. The molecule has 4 aliphatic rings. The molecular formula is C44H68O11. The molecule has 0 spiro atoms. The first-order chi connectivity index (χ1) is 26.6. The largest absolute Gasteiger partial charge is 0.456 e. The van der Waals surface area contributed by atoms with Crippen LogP contribution >= 0.6 is 0 Å². The van der Waals surface area contributed by atoms with E-state index >= 15 is 0 Å². The van der Waals surface area contributed by atoms with Crippen LogP contribution in [0.5, 0.6) is 0 Å². The van der Waals surface area contributed by atoms with Crippen molar-refractivity contribution < 1.29 is 52.5 Å². The average Bonchev–Trinajstić information content (AvgIpc) is 3.51. The van der Waals surface area contributed by atoms with Crippen LogP contribution in [0.1, 0.15) is 136 Å². The molecule has 11 nitrogen and oxygen atoms in total. The highest BCUT2D eigenvalue weighted by molar-refractivity contribution is 5.69. The fourth-order valence-electron chi connectivity index (χ4n) is 8.01. The number of ether oxygens (including phenoxy) is 9. The molecule has 0 bridgehead atoms. The van der Waals surface area contributed by atoms with Crippen LogP contribution in [-0.2, 0) is 47.4 Å². The molecule has 0 aliphatic carbocycles. The molecule has 4 saturated heterocycles. The van der Waals surface area contributed by atoms with Gasteiger partial charge in [0.1, 0.15) is 36.6 Å². The van der Waals surface area contributed by atoms with Gasteiger partial charge in [0.05, 0.1) is 18.8 Å².